The van der Waals surface area contributed by atoms with Crippen molar-refractivity contribution in [1.29, 1.82) is 0 Å². The van der Waals surface area contributed by atoms with Crippen LogP contribution >= 0.6 is 11.6 Å². The van der Waals surface area contributed by atoms with Gasteiger partial charge in [-0.25, -0.2) is 0 Å². The number of nitrogens with two attached hydrogens (primary N) is 1. The van der Waals surface area contributed by atoms with Gasteiger partial charge in [-0.15, -0.1) is 0 Å². The Morgan fingerprint density at radius 2 is 2.21 bits per heavy atom. The van der Waals surface area contributed by atoms with Gasteiger partial charge in [-0.05, 0) is 25.5 Å². The highest BCUT2D eigenvalue weighted by atomic mass is 35.5. The number of aromatic nitrogens is 3. The van der Waals surface area contributed by atoms with Crippen LogP contribution in [0, 0.1) is 6.92 Å². The van der Waals surface area contributed by atoms with Crippen LogP contribution in [0.15, 0.2) is 24.4 Å². The number of nitrogens with zero attached hydrogens (tertiary/aromatic N) is 3. The molecule has 0 spiro atoms. The molecule has 1 unspecified atom stereocenters. The van der Waals surface area contributed by atoms with Crippen molar-refractivity contribution < 1.29 is 0 Å². The summed E-state index contributed by atoms with van der Waals surface area (Å²) in [6, 6.07) is 5.94. The van der Waals surface area contributed by atoms with Gasteiger partial charge in [-0.1, -0.05) is 17.7 Å². The topological polar surface area (TPSA) is 68.8 Å². The van der Waals surface area contributed by atoms with E-state index in [9.17, 15) is 0 Å². The number of hydrazine groups is 1. The lowest BCUT2D eigenvalue weighted by Crippen LogP contribution is -2.38. The van der Waals surface area contributed by atoms with Gasteiger partial charge in [0, 0.05) is 37.0 Å². The molecule has 0 amide bonds. The van der Waals surface area contributed by atoms with Gasteiger partial charge in [0.15, 0.2) is 0 Å². The molecule has 0 radical (unpaired) electrons. The number of nitrogens with one attached hydrogen (secondary N) is 1. The van der Waals surface area contributed by atoms with Gasteiger partial charge < -0.3 is 0 Å². The summed E-state index contributed by atoms with van der Waals surface area (Å²) >= 11 is 6.23. The van der Waals surface area contributed by atoms with Crippen molar-refractivity contribution in [1.82, 2.24) is 20.2 Å². The fourth-order valence-corrected chi connectivity index (χ4v) is 2.37. The van der Waals surface area contributed by atoms with Crippen LogP contribution < -0.4 is 11.3 Å². The molecule has 2 heterocycles. The second-order valence-electron chi connectivity index (χ2n) is 4.57. The SMILES string of the molecule is Cc1nn(C)c(Cl)c1CC(Cc1ccccn1)NN. The molecule has 5 nitrogen and oxygen atoms in total. The lowest BCUT2D eigenvalue weighted by Gasteiger charge is -2.15. The maximum absolute atomic E-state index is 6.23. The zero-order valence-electron chi connectivity index (χ0n) is 11.1. The third-order valence-electron chi connectivity index (χ3n) is 3.14. The van der Waals surface area contributed by atoms with E-state index in [4.69, 9.17) is 17.4 Å². The molecule has 0 saturated carbocycles. The Bertz CT molecular complexity index is 537. The van der Waals surface area contributed by atoms with E-state index in [0.29, 0.717) is 5.15 Å². The van der Waals surface area contributed by atoms with E-state index in [1.165, 1.54) is 0 Å². The van der Waals surface area contributed by atoms with Crippen LogP contribution in [-0.2, 0) is 19.9 Å². The first-order valence-electron chi connectivity index (χ1n) is 6.15. The van der Waals surface area contributed by atoms with E-state index in [1.54, 1.807) is 10.9 Å². The first-order chi connectivity index (χ1) is 9.11. The number of hydrogen-bond donors (Lipinski definition) is 2. The van der Waals surface area contributed by atoms with Gasteiger partial charge in [0.05, 0.1) is 5.69 Å². The minimum absolute atomic E-state index is 0.0790. The van der Waals surface area contributed by atoms with Crippen LogP contribution in [-0.4, -0.2) is 20.8 Å². The maximum Gasteiger partial charge on any atom is 0.130 e. The smallest absolute Gasteiger partial charge is 0.130 e. The number of aryl methyl sites for hydroxylation is 2. The second-order valence-corrected chi connectivity index (χ2v) is 4.93. The first kappa shape index (κ1) is 14.0. The molecule has 2 aromatic rings. The Balaban J connectivity index is 2.11. The highest BCUT2D eigenvalue weighted by Crippen LogP contribution is 2.20. The fraction of sp³-hybridized carbons (Fsp3) is 0.385. The average molecular weight is 280 g/mol. The molecular weight excluding hydrogens is 262 g/mol. The minimum atomic E-state index is 0.0790. The number of hydrogen-bond acceptors (Lipinski definition) is 4. The highest BCUT2D eigenvalue weighted by Gasteiger charge is 2.17. The van der Waals surface area contributed by atoms with E-state index in [1.807, 2.05) is 32.2 Å². The van der Waals surface area contributed by atoms with E-state index < -0.39 is 0 Å². The molecule has 0 aromatic carbocycles. The normalized spacial score (nSPS) is 12.6. The Morgan fingerprint density at radius 1 is 1.42 bits per heavy atom. The van der Waals surface area contributed by atoms with Gasteiger partial charge in [0.1, 0.15) is 5.15 Å². The van der Waals surface area contributed by atoms with Crippen molar-refractivity contribution in [3.63, 3.8) is 0 Å². The summed E-state index contributed by atoms with van der Waals surface area (Å²) in [5.74, 6) is 5.63. The van der Waals surface area contributed by atoms with E-state index in [-0.39, 0.29) is 6.04 Å². The monoisotopic (exact) mass is 279 g/mol. The lowest BCUT2D eigenvalue weighted by molar-refractivity contribution is 0.516. The van der Waals surface area contributed by atoms with Crippen LogP contribution in [0.2, 0.25) is 5.15 Å². The predicted octanol–water partition coefficient (Wildman–Crippen LogP) is 1.39. The summed E-state index contributed by atoms with van der Waals surface area (Å²) in [7, 11) is 1.84. The average Bonchev–Trinajstić information content (AvgIpc) is 2.65. The minimum Gasteiger partial charge on any atom is -0.271 e. The molecule has 1 atom stereocenters. The number of pyridine rings is 1. The summed E-state index contributed by atoms with van der Waals surface area (Å²) in [4.78, 5) is 4.31. The Morgan fingerprint density at radius 3 is 2.74 bits per heavy atom. The molecule has 6 heteroatoms. The van der Waals surface area contributed by atoms with Crippen LogP contribution in [0.1, 0.15) is 17.0 Å². The molecule has 102 valence electrons. The molecular formula is C13H18ClN5. The zero-order valence-corrected chi connectivity index (χ0v) is 11.9. The summed E-state index contributed by atoms with van der Waals surface area (Å²) in [6.07, 6.45) is 3.26. The van der Waals surface area contributed by atoms with Crippen LogP contribution in [0.25, 0.3) is 0 Å². The molecule has 0 aliphatic heterocycles. The quantitative estimate of drug-likeness (QED) is 0.641. The van der Waals surface area contributed by atoms with Crippen molar-refractivity contribution in [3.8, 4) is 0 Å². The van der Waals surface area contributed by atoms with Crippen molar-refractivity contribution >= 4 is 11.6 Å². The maximum atomic E-state index is 6.23. The molecule has 0 aliphatic rings. The summed E-state index contributed by atoms with van der Waals surface area (Å²) in [6.45, 7) is 1.95. The van der Waals surface area contributed by atoms with E-state index in [2.05, 4.69) is 15.5 Å². The highest BCUT2D eigenvalue weighted by molar-refractivity contribution is 6.30. The molecule has 0 aliphatic carbocycles. The van der Waals surface area contributed by atoms with Crippen molar-refractivity contribution in [2.45, 2.75) is 25.8 Å². The second kappa shape index (κ2) is 6.14. The van der Waals surface area contributed by atoms with Gasteiger partial charge in [0.2, 0.25) is 0 Å². The first-order valence-corrected chi connectivity index (χ1v) is 6.53. The van der Waals surface area contributed by atoms with Gasteiger partial charge in [-0.3, -0.25) is 20.9 Å². The third-order valence-corrected chi connectivity index (χ3v) is 3.61. The molecule has 0 bridgehead atoms. The Kier molecular flexibility index (Phi) is 4.52. The molecule has 2 rings (SSSR count). The standard InChI is InChI=1S/C13H18ClN5/c1-9-12(13(14)19(2)18-9)8-11(17-15)7-10-5-3-4-6-16-10/h3-6,11,17H,7-8,15H2,1-2H3. The van der Waals surface area contributed by atoms with Gasteiger partial charge >= 0.3 is 0 Å². The summed E-state index contributed by atoms with van der Waals surface area (Å²) in [5, 5.41) is 4.97. The summed E-state index contributed by atoms with van der Waals surface area (Å²) < 4.78 is 1.68. The Labute approximate surface area is 117 Å². The zero-order chi connectivity index (χ0) is 13.8. The summed E-state index contributed by atoms with van der Waals surface area (Å²) in [5.41, 5.74) is 5.80. The van der Waals surface area contributed by atoms with Crippen LogP contribution in [0.5, 0.6) is 0 Å². The number of halogens is 1. The van der Waals surface area contributed by atoms with Crippen molar-refractivity contribution in [2.75, 3.05) is 0 Å². The van der Waals surface area contributed by atoms with Crippen LogP contribution in [0.3, 0.4) is 0 Å². The molecule has 19 heavy (non-hydrogen) atoms. The molecule has 2 aromatic heterocycles. The predicted molar refractivity (Wildman–Crippen MR) is 75.7 cm³/mol. The van der Waals surface area contributed by atoms with Gasteiger partial charge in [-0.2, -0.15) is 5.10 Å². The van der Waals surface area contributed by atoms with E-state index in [0.717, 1.165) is 29.8 Å². The van der Waals surface area contributed by atoms with Crippen LogP contribution in [0.4, 0.5) is 0 Å². The van der Waals surface area contributed by atoms with Crippen molar-refractivity contribution in [2.24, 2.45) is 12.9 Å². The molecule has 3 N–H and O–H groups in total. The van der Waals surface area contributed by atoms with Gasteiger partial charge in [0.25, 0.3) is 0 Å². The lowest BCUT2D eigenvalue weighted by atomic mass is 10.0. The van der Waals surface area contributed by atoms with E-state index >= 15 is 0 Å². The molecule has 0 fully saturated rings. The Hall–Kier alpha value is -1.43. The molecule has 0 saturated heterocycles. The fourth-order valence-electron chi connectivity index (χ4n) is 2.11. The third kappa shape index (κ3) is 3.32. The largest absolute Gasteiger partial charge is 0.271 e. The number of rotatable bonds is 5. The van der Waals surface area contributed by atoms with Crippen molar-refractivity contribution in [3.05, 3.63) is 46.5 Å².